The predicted octanol–water partition coefficient (Wildman–Crippen LogP) is 3.46. The monoisotopic (exact) mass is 564 g/mol. The van der Waals surface area contributed by atoms with Crippen molar-refractivity contribution in [1.82, 2.24) is 10.6 Å². The SMILES string of the molecule is CS(=O)(=O)c1cccc(C[C@H](NC(=O)c2c(Cl)cc(C(=O)NCc3ccc(O)cc3)cc2Cl)C(=O)O)c1. The van der Waals surface area contributed by atoms with Crippen LogP contribution in [-0.2, 0) is 27.6 Å². The van der Waals surface area contributed by atoms with E-state index >= 15 is 0 Å². The summed E-state index contributed by atoms with van der Waals surface area (Å²) in [6.45, 7) is 0.164. The number of benzene rings is 3. The Kier molecular flexibility index (Phi) is 8.80. The van der Waals surface area contributed by atoms with Crippen LogP contribution in [0.5, 0.6) is 5.75 Å². The van der Waals surface area contributed by atoms with Crippen LogP contribution in [0.15, 0.2) is 65.6 Å². The Balaban J connectivity index is 1.74. The van der Waals surface area contributed by atoms with Gasteiger partial charge in [0.25, 0.3) is 11.8 Å². The van der Waals surface area contributed by atoms with Crippen LogP contribution in [0.1, 0.15) is 31.8 Å². The number of nitrogens with one attached hydrogen (secondary N) is 2. The zero-order valence-electron chi connectivity index (χ0n) is 19.4. The van der Waals surface area contributed by atoms with Crippen molar-refractivity contribution >= 4 is 50.8 Å². The second-order valence-electron chi connectivity index (χ2n) is 8.15. The van der Waals surface area contributed by atoms with E-state index in [1.807, 2.05) is 0 Å². The van der Waals surface area contributed by atoms with Crippen molar-refractivity contribution in [2.24, 2.45) is 0 Å². The van der Waals surface area contributed by atoms with Crippen molar-refractivity contribution in [1.29, 1.82) is 0 Å². The molecule has 0 aliphatic heterocycles. The van der Waals surface area contributed by atoms with Crippen LogP contribution < -0.4 is 10.6 Å². The number of rotatable bonds is 9. The molecular weight excluding hydrogens is 543 g/mol. The third-order valence-corrected chi connectivity index (χ3v) is 7.00. The first-order valence-corrected chi connectivity index (χ1v) is 13.4. The molecule has 0 heterocycles. The highest BCUT2D eigenvalue weighted by molar-refractivity contribution is 7.90. The smallest absolute Gasteiger partial charge is 0.326 e. The van der Waals surface area contributed by atoms with Crippen molar-refractivity contribution in [3.63, 3.8) is 0 Å². The normalized spacial score (nSPS) is 12.0. The summed E-state index contributed by atoms with van der Waals surface area (Å²) in [6.07, 6.45) is 0.835. The summed E-state index contributed by atoms with van der Waals surface area (Å²) in [5.41, 5.74) is 0.988. The van der Waals surface area contributed by atoms with Gasteiger partial charge in [-0.2, -0.15) is 0 Å². The van der Waals surface area contributed by atoms with Gasteiger partial charge in [-0.15, -0.1) is 0 Å². The van der Waals surface area contributed by atoms with Gasteiger partial charge < -0.3 is 20.8 Å². The second-order valence-corrected chi connectivity index (χ2v) is 11.0. The largest absolute Gasteiger partial charge is 0.508 e. The Morgan fingerprint density at radius 3 is 2.11 bits per heavy atom. The molecule has 0 aliphatic rings. The lowest BCUT2D eigenvalue weighted by atomic mass is 10.0. The molecule has 12 heteroatoms. The van der Waals surface area contributed by atoms with Gasteiger partial charge in [-0.3, -0.25) is 9.59 Å². The molecule has 3 rings (SSSR count). The first kappa shape index (κ1) is 28.0. The molecule has 0 saturated carbocycles. The Labute approximate surface area is 223 Å². The molecule has 0 saturated heterocycles. The number of aromatic hydroxyl groups is 1. The molecule has 0 fully saturated rings. The molecule has 2 amide bonds. The van der Waals surface area contributed by atoms with Crippen molar-refractivity contribution in [2.75, 3.05) is 6.26 Å². The van der Waals surface area contributed by atoms with Gasteiger partial charge in [-0.1, -0.05) is 47.5 Å². The Hall–Kier alpha value is -3.60. The highest BCUT2D eigenvalue weighted by Crippen LogP contribution is 2.27. The summed E-state index contributed by atoms with van der Waals surface area (Å²) in [4.78, 5) is 37.2. The number of hydrogen-bond acceptors (Lipinski definition) is 6. The molecule has 4 N–H and O–H groups in total. The first-order valence-electron chi connectivity index (χ1n) is 10.7. The molecule has 194 valence electrons. The average molecular weight is 565 g/mol. The van der Waals surface area contributed by atoms with E-state index in [-0.39, 0.29) is 44.8 Å². The maximum atomic E-state index is 12.9. The van der Waals surface area contributed by atoms with Gasteiger partial charge in [0.05, 0.1) is 20.5 Å². The van der Waals surface area contributed by atoms with Gasteiger partial charge in [0.15, 0.2) is 9.84 Å². The van der Waals surface area contributed by atoms with Crippen LogP contribution in [0.3, 0.4) is 0 Å². The minimum Gasteiger partial charge on any atom is -0.508 e. The van der Waals surface area contributed by atoms with Crippen LogP contribution in [0.25, 0.3) is 0 Å². The summed E-state index contributed by atoms with van der Waals surface area (Å²) in [5.74, 6) is -2.65. The number of aliphatic carboxylic acids is 1. The van der Waals surface area contributed by atoms with E-state index < -0.39 is 33.7 Å². The summed E-state index contributed by atoms with van der Waals surface area (Å²) < 4.78 is 23.6. The predicted molar refractivity (Wildman–Crippen MR) is 138 cm³/mol. The summed E-state index contributed by atoms with van der Waals surface area (Å²) in [7, 11) is -3.50. The number of phenolic OH excluding ortho intramolecular Hbond substituents is 1. The van der Waals surface area contributed by atoms with E-state index in [1.54, 1.807) is 18.2 Å². The van der Waals surface area contributed by atoms with Gasteiger partial charge >= 0.3 is 5.97 Å². The molecule has 0 unspecified atom stereocenters. The maximum absolute atomic E-state index is 12.9. The first-order chi connectivity index (χ1) is 17.3. The van der Waals surface area contributed by atoms with Gasteiger partial charge in [0.1, 0.15) is 11.8 Å². The van der Waals surface area contributed by atoms with Gasteiger partial charge in [-0.25, -0.2) is 13.2 Å². The number of carbonyl (C=O) groups excluding carboxylic acids is 2. The molecule has 0 radical (unpaired) electrons. The Morgan fingerprint density at radius 2 is 1.54 bits per heavy atom. The molecule has 0 aromatic heterocycles. The second kappa shape index (κ2) is 11.6. The molecule has 1 atom stereocenters. The molecule has 0 bridgehead atoms. The lowest BCUT2D eigenvalue weighted by molar-refractivity contribution is -0.139. The minimum atomic E-state index is -3.50. The van der Waals surface area contributed by atoms with Crippen molar-refractivity contribution < 1.29 is 33.0 Å². The third kappa shape index (κ3) is 7.45. The van der Waals surface area contributed by atoms with Gasteiger partial charge in [0, 0.05) is 24.8 Å². The lowest BCUT2D eigenvalue weighted by Crippen LogP contribution is -2.42. The third-order valence-electron chi connectivity index (χ3n) is 5.29. The van der Waals surface area contributed by atoms with Crippen molar-refractivity contribution in [3.8, 4) is 5.75 Å². The molecular formula is C25H22Cl2N2O7S. The fourth-order valence-corrected chi connectivity index (χ4v) is 4.74. The van der Waals surface area contributed by atoms with E-state index in [0.717, 1.165) is 11.8 Å². The molecule has 3 aromatic rings. The van der Waals surface area contributed by atoms with Gasteiger partial charge in [-0.05, 0) is 47.5 Å². The number of carbonyl (C=O) groups is 3. The number of halogens is 2. The quantitative estimate of drug-likeness (QED) is 0.310. The Bertz CT molecular complexity index is 1440. The highest BCUT2D eigenvalue weighted by Gasteiger charge is 2.25. The number of sulfone groups is 1. The maximum Gasteiger partial charge on any atom is 0.326 e. The number of phenols is 1. The summed E-state index contributed by atoms with van der Waals surface area (Å²) >= 11 is 12.5. The fourth-order valence-electron chi connectivity index (χ4n) is 3.39. The topological polar surface area (TPSA) is 150 Å². The zero-order valence-corrected chi connectivity index (χ0v) is 21.7. The van der Waals surface area contributed by atoms with Crippen LogP contribution in [0.2, 0.25) is 10.0 Å². The minimum absolute atomic E-state index is 0.0193. The summed E-state index contributed by atoms with van der Waals surface area (Å²) in [5, 5.41) is 23.6. The Morgan fingerprint density at radius 1 is 0.919 bits per heavy atom. The fraction of sp³-hybridized carbons (Fsp3) is 0.160. The van der Waals surface area contributed by atoms with E-state index in [0.29, 0.717) is 5.56 Å². The van der Waals surface area contributed by atoms with Crippen molar-refractivity contribution in [3.05, 3.63) is 93.0 Å². The number of hydrogen-bond donors (Lipinski definition) is 4. The van der Waals surface area contributed by atoms with E-state index in [2.05, 4.69) is 10.6 Å². The van der Waals surface area contributed by atoms with Crippen LogP contribution >= 0.6 is 23.2 Å². The zero-order chi connectivity index (χ0) is 27.3. The molecule has 37 heavy (non-hydrogen) atoms. The van der Waals surface area contributed by atoms with E-state index in [9.17, 15) is 33.0 Å². The van der Waals surface area contributed by atoms with Crippen LogP contribution in [-0.4, -0.2) is 48.7 Å². The van der Waals surface area contributed by atoms with Crippen LogP contribution in [0.4, 0.5) is 0 Å². The molecule has 0 spiro atoms. The average Bonchev–Trinajstić information content (AvgIpc) is 2.82. The van der Waals surface area contributed by atoms with E-state index in [4.69, 9.17) is 23.2 Å². The lowest BCUT2D eigenvalue weighted by Gasteiger charge is -2.17. The standard InChI is InChI=1S/C25H22Cl2N2O7S/c1-37(35,36)18-4-2-3-15(9-18)10-21(25(33)34)29-24(32)22-19(26)11-16(12-20(22)27)23(31)28-13-14-5-7-17(30)8-6-14/h2-9,11-12,21,30H,10,13H2,1H3,(H,28,31)(H,29,32)(H,33,34)/t21-/m0/s1. The number of carboxylic acid groups (broad SMARTS) is 1. The molecule has 0 aliphatic carbocycles. The molecule has 9 nitrogen and oxygen atoms in total. The van der Waals surface area contributed by atoms with Gasteiger partial charge in [0.2, 0.25) is 0 Å². The van der Waals surface area contributed by atoms with Crippen LogP contribution in [0, 0.1) is 0 Å². The highest BCUT2D eigenvalue weighted by atomic mass is 35.5. The van der Waals surface area contributed by atoms with Crippen molar-refractivity contribution in [2.45, 2.75) is 23.9 Å². The number of carboxylic acids is 1. The number of amides is 2. The van der Waals surface area contributed by atoms with E-state index in [1.165, 1.54) is 42.5 Å². The summed E-state index contributed by atoms with van der Waals surface area (Å²) in [6, 6.07) is 13.0. The molecule has 3 aromatic carbocycles.